The van der Waals surface area contributed by atoms with Gasteiger partial charge >= 0.3 is 0 Å². The molecule has 0 radical (unpaired) electrons. The Morgan fingerprint density at radius 1 is 1.00 bits per heavy atom. The molecule has 0 aromatic heterocycles. The van der Waals surface area contributed by atoms with Gasteiger partial charge in [-0.25, -0.2) is 0 Å². The monoisotopic (exact) mass is 306 g/mol. The van der Waals surface area contributed by atoms with Gasteiger partial charge in [-0.3, -0.25) is 19.3 Å². The fourth-order valence-electron chi connectivity index (χ4n) is 4.07. The maximum absolute atomic E-state index is 12.4. The summed E-state index contributed by atoms with van der Waals surface area (Å²) in [6.45, 7) is 4.11. The summed E-state index contributed by atoms with van der Waals surface area (Å²) in [5.41, 5.74) is 0. The number of hydrogen-bond donors (Lipinski definition) is 0. The third kappa shape index (κ3) is 2.90. The van der Waals surface area contributed by atoms with Crippen LogP contribution in [0.3, 0.4) is 0 Å². The Morgan fingerprint density at radius 2 is 1.55 bits per heavy atom. The largest absolute Gasteiger partial charge is 0.343 e. The lowest BCUT2D eigenvalue weighted by atomic mass is 9.81. The minimum Gasteiger partial charge on any atom is -0.343 e. The van der Waals surface area contributed by atoms with E-state index in [0.717, 1.165) is 51.6 Å². The average Bonchev–Trinajstić information content (AvgIpc) is 2.78. The molecule has 0 aromatic carbocycles. The number of fused-ring (bicyclic) bond motifs is 1. The lowest BCUT2D eigenvalue weighted by Crippen LogP contribution is -2.40. The van der Waals surface area contributed by atoms with Crippen molar-refractivity contribution >= 4 is 17.7 Å². The van der Waals surface area contributed by atoms with Crippen LogP contribution in [0.2, 0.25) is 0 Å². The normalized spacial score (nSPS) is 29.9. The topological polar surface area (TPSA) is 57.7 Å². The molecule has 0 aromatic rings. The second kappa shape index (κ2) is 6.39. The van der Waals surface area contributed by atoms with E-state index in [4.69, 9.17) is 0 Å². The highest BCUT2D eigenvalue weighted by Crippen LogP contribution is 2.38. The molecule has 122 valence electrons. The molecule has 3 aliphatic rings. The van der Waals surface area contributed by atoms with E-state index >= 15 is 0 Å². The van der Waals surface area contributed by atoms with E-state index in [-0.39, 0.29) is 42.5 Å². The van der Waals surface area contributed by atoms with Crippen LogP contribution in [0.15, 0.2) is 0 Å². The molecule has 0 spiro atoms. The zero-order valence-corrected chi connectivity index (χ0v) is 13.4. The van der Waals surface area contributed by atoms with E-state index in [1.54, 1.807) is 0 Å². The first-order chi connectivity index (χ1) is 10.6. The summed E-state index contributed by atoms with van der Waals surface area (Å²) < 4.78 is 0. The van der Waals surface area contributed by atoms with Crippen LogP contribution in [-0.2, 0) is 14.4 Å². The molecule has 0 bridgehead atoms. The first-order valence-corrected chi connectivity index (χ1v) is 8.71. The van der Waals surface area contributed by atoms with Gasteiger partial charge in [0.2, 0.25) is 17.7 Å². The number of rotatable bonds is 3. The Hall–Kier alpha value is -1.39. The van der Waals surface area contributed by atoms with E-state index in [1.807, 2.05) is 4.90 Å². The molecule has 2 heterocycles. The van der Waals surface area contributed by atoms with E-state index in [1.165, 1.54) is 4.90 Å². The third-order valence-corrected chi connectivity index (χ3v) is 5.62. The molecular weight excluding hydrogens is 280 g/mol. The SMILES string of the molecule is CC1CCN(C(=O)CCN2C(=O)C3CCCCC3C2=O)CC1. The van der Waals surface area contributed by atoms with Gasteiger partial charge in [-0.15, -0.1) is 0 Å². The van der Waals surface area contributed by atoms with Crippen LogP contribution in [0, 0.1) is 17.8 Å². The standard InChI is InChI=1S/C17H26N2O3/c1-12-6-9-18(10-7-12)15(20)8-11-19-16(21)13-4-2-3-5-14(13)17(19)22/h12-14H,2-11H2,1H3. The molecule has 2 aliphatic heterocycles. The van der Waals surface area contributed by atoms with Gasteiger partial charge in [-0.2, -0.15) is 0 Å². The van der Waals surface area contributed by atoms with E-state index in [0.29, 0.717) is 5.92 Å². The Labute approximate surface area is 132 Å². The molecule has 5 heteroatoms. The molecular formula is C17H26N2O3. The summed E-state index contributed by atoms with van der Waals surface area (Å²) in [6.07, 6.45) is 6.14. The van der Waals surface area contributed by atoms with Crippen molar-refractivity contribution in [3.8, 4) is 0 Å². The molecule has 5 nitrogen and oxygen atoms in total. The highest BCUT2D eigenvalue weighted by Gasteiger charge is 2.47. The molecule has 3 fully saturated rings. The second-order valence-corrected chi connectivity index (χ2v) is 7.14. The van der Waals surface area contributed by atoms with Crippen molar-refractivity contribution < 1.29 is 14.4 Å². The quantitative estimate of drug-likeness (QED) is 0.747. The molecule has 2 unspecified atom stereocenters. The minimum atomic E-state index is -0.104. The van der Waals surface area contributed by atoms with Crippen molar-refractivity contribution in [2.24, 2.45) is 17.8 Å². The number of carbonyl (C=O) groups excluding carboxylic acids is 3. The number of imide groups is 1. The minimum absolute atomic E-state index is 0.0326. The molecule has 22 heavy (non-hydrogen) atoms. The lowest BCUT2D eigenvalue weighted by molar-refractivity contribution is -0.141. The van der Waals surface area contributed by atoms with Gasteiger partial charge in [-0.1, -0.05) is 19.8 Å². The molecule has 1 saturated carbocycles. The van der Waals surface area contributed by atoms with Crippen LogP contribution in [0.1, 0.15) is 51.9 Å². The summed E-state index contributed by atoms with van der Waals surface area (Å²) in [6, 6.07) is 0. The fraction of sp³-hybridized carbons (Fsp3) is 0.824. The smallest absolute Gasteiger partial charge is 0.233 e. The van der Waals surface area contributed by atoms with Crippen LogP contribution in [0.25, 0.3) is 0 Å². The number of piperidine rings is 1. The number of amides is 3. The van der Waals surface area contributed by atoms with Gasteiger partial charge in [0.25, 0.3) is 0 Å². The zero-order valence-electron chi connectivity index (χ0n) is 13.4. The maximum atomic E-state index is 12.4. The van der Waals surface area contributed by atoms with E-state index in [2.05, 4.69) is 6.92 Å². The highest BCUT2D eigenvalue weighted by atomic mass is 16.2. The highest BCUT2D eigenvalue weighted by molar-refractivity contribution is 6.05. The Balaban J connectivity index is 1.54. The van der Waals surface area contributed by atoms with Gasteiger partial charge in [0.05, 0.1) is 11.8 Å². The van der Waals surface area contributed by atoms with Crippen LogP contribution in [0.5, 0.6) is 0 Å². The van der Waals surface area contributed by atoms with Gasteiger partial charge in [0, 0.05) is 26.1 Å². The number of likely N-dealkylation sites (tertiary alicyclic amines) is 2. The Kier molecular flexibility index (Phi) is 4.50. The van der Waals surface area contributed by atoms with Crippen molar-refractivity contribution in [3.05, 3.63) is 0 Å². The van der Waals surface area contributed by atoms with Crippen molar-refractivity contribution in [1.29, 1.82) is 0 Å². The summed E-state index contributed by atoms with van der Waals surface area (Å²) in [5, 5.41) is 0. The first kappa shape index (κ1) is 15.5. The van der Waals surface area contributed by atoms with Gasteiger partial charge in [0.1, 0.15) is 0 Å². The predicted octanol–water partition coefficient (Wildman–Crippen LogP) is 1.81. The molecule has 1 aliphatic carbocycles. The van der Waals surface area contributed by atoms with Crippen LogP contribution in [0.4, 0.5) is 0 Å². The van der Waals surface area contributed by atoms with Crippen molar-refractivity contribution in [2.45, 2.75) is 51.9 Å². The molecule has 3 rings (SSSR count). The number of hydrogen-bond acceptors (Lipinski definition) is 3. The van der Waals surface area contributed by atoms with Gasteiger partial charge in [0.15, 0.2) is 0 Å². The summed E-state index contributed by atoms with van der Waals surface area (Å²) >= 11 is 0. The van der Waals surface area contributed by atoms with E-state index < -0.39 is 0 Å². The summed E-state index contributed by atoms with van der Waals surface area (Å²) in [4.78, 5) is 40.2. The summed E-state index contributed by atoms with van der Waals surface area (Å²) in [5.74, 6) is 0.500. The summed E-state index contributed by atoms with van der Waals surface area (Å²) in [7, 11) is 0. The Bertz CT molecular complexity index is 445. The van der Waals surface area contributed by atoms with Crippen molar-refractivity contribution in [3.63, 3.8) is 0 Å². The molecule has 0 N–H and O–H groups in total. The van der Waals surface area contributed by atoms with Crippen LogP contribution < -0.4 is 0 Å². The molecule has 3 amide bonds. The third-order valence-electron chi connectivity index (χ3n) is 5.62. The van der Waals surface area contributed by atoms with Gasteiger partial charge < -0.3 is 4.90 Å². The van der Waals surface area contributed by atoms with Crippen LogP contribution >= 0.6 is 0 Å². The Morgan fingerprint density at radius 3 is 2.09 bits per heavy atom. The predicted molar refractivity (Wildman–Crippen MR) is 81.8 cm³/mol. The lowest BCUT2D eigenvalue weighted by Gasteiger charge is -2.30. The van der Waals surface area contributed by atoms with Gasteiger partial charge in [-0.05, 0) is 31.6 Å². The molecule has 2 saturated heterocycles. The zero-order chi connectivity index (χ0) is 15.7. The van der Waals surface area contributed by atoms with Crippen molar-refractivity contribution in [1.82, 2.24) is 9.80 Å². The number of carbonyl (C=O) groups is 3. The van der Waals surface area contributed by atoms with Crippen LogP contribution in [-0.4, -0.2) is 47.2 Å². The average molecular weight is 306 g/mol. The maximum Gasteiger partial charge on any atom is 0.233 e. The van der Waals surface area contributed by atoms with Crippen molar-refractivity contribution in [2.75, 3.05) is 19.6 Å². The fourth-order valence-corrected chi connectivity index (χ4v) is 4.07. The second-order valence-electron chi connectivity index (χ2n) is 7.14. The number of nitrogens with zero attached hydrogens (tertiary/aromatic N) is 2. The van der Waals surface area contributed by atoms with E-state index in [9.17, 15) is 14.4 Å². The first-order valence-electron chi connectivity index (χ1n) is 8.71. The molecule has 2 atom stereocenters.